The maximum Gasteiger partial charge on any atom is 0.294 e. The van der Waals surface area contributed by atoms with E-state index in [4.69, 9.17) is 17.3 Å². The number of rotatable bonds is 6. The van der Waals surface area contributed by atoms with Crippen LogP contribution in [-0.4, -0.2) is 51.0 Å². The minimum absolute atomic E-state index is 0.00676. The molecule has 0 aliphatic carbocycles. The summed E-state index contributed by atoms with van der Waals surface area (Å²) in [5.74, 6) is 0.507. The van der Waals surface area contributed by atoms with Crippen LogP contribution in [0.5, 0.6) is 0 Å². The van der Waals surface area contributed by atoms with Gasteiger partial charge in [0.15, 0.2) is 0 Å². The first-order chi connectivity index (χ1) is 15.4. The van der Waals surface area contributed by atoms with Crippen LogP contribution in [0.15, 0.2) is 42.5 Å². The fraction of sp³-hybridized carbons (Fsp3) is 0.250. The van der Waals surface area contributed by atoms with Gasteiger partial charge in [0.05, 0.1) is 11.5 Å². The number of nitrogens with two attached hydrogens (primary N) is 1. The first kappa shape index (κ1) is 21.7. The summed E-state index contributed by atoms with van der Waals surface area (Å²) >= 11 is 5.91. The molecule has 32 heavy (non-hydrogen) atoms. The van der Waals surface area contributed by atoms with Gasteiger partial charge in [-0.05, 0) is 36.4 Å². The van der Waals surface area contributed by atoms with Gasteiger partial charge < -0.3 is 16.0 Å². The Bertz CT molecular complexity index is 1120. The molecule has 0 spiro atoms. The van der Waals surface area contributed by atoms with Crippen molar-refractivity contribution in [2.75, 3.05) is 42.1 Å². The largest absolute Gasteiger partial charge is 0.368 e. The summed E-state index contributed by atoms with van der Waals surface area (Å²) in [5.41, 5.74) is 7.00. The Morgan fingerprint density at radius 1 is 1.09 bits per heavy atom. The molecule has 1 aromatic heterocycles. The van der Waals surface area contributed by atoms with E-state index in [0.717, 1.165) is 0 Å². The molecule has 3 N–H and O–H groups in total. The van der Waals surface area contributed by atoms with Gasteiger partial charge in [0.1, 0.15) is 17.3 Å². The lowest BCUT2D eigenvalue weighted by atomic mass is 10.2. The highest BCUT2D eigenvalue weighted by atomic mass is 35.5. The van der Waals surface area contributed by atoms with E-state index in [2.05, 4.69) is 25.2 Å². The summed E-state index contributed by atoms with van der Waals surface area (Å²) in [4.78, 5) is 27.8. The van der Waals surface area contributed by atoms with Gasteiger partial charge in [-0.2, -0.15) is 15.0 Å². The Labute approximate surface area is 188 Å². The fourth-order valence-electron chi connectivity index (χ4n) is 3.48. The van der Waals surface area contributed by atoms with Gasteiger partial charge in [0.2, 0.25) is 11.9 Å². The Balaban J connectivity index is 1.41. The van der Waals surface area contributed by atoms with Gasteiger partial charge >= 0.3 is 0 Å². The number of benzene rings is 2. The number of piperazine rings is 1. The zero-order chi connectivity index (χ0) is 22.7. The van der Waals surface area contributed by atoms with Crippen molar-refractivity contribution in [1.82, 2.24) is 19.9 Å². The zero-order valence-corrected chi connectivity index (χ0v) is 17.7. The minimum atomic E-state index is -0.420. The smallest absolute Gasteiger partial charge is 0.294 e. The SMILES string of the molecule is Nc1nc(CN2CCN(c3ccc(Cl)cc3[N+](=O)[O-])CC2)nc(Nc2ccc(F)cc2)n1. The molecule has 12 heteroatoms. The van der Waals surface area contributed by atoms with Crippen molar-refractivity contribution in [3.8, 4) is 0 Å². The van der Waals surface area contributed by atoms with Gasteiger partial charge in [-0.3, -0.25) is 15.0 Å². The molecular formula is C20H20ClFN8O2. The first-order valence-electron chi connectivity index (χ1n) is 9.81. The third-order valence-corrected chi connectivity index (χ3v) is 5.25. The predicted octanol–water partition coefficient (Wildman–Crippen LogP) is 3.22. The standard InChI is InChI=1S/C20H20ClFN8O2/c21-13-1-6-16(17(11-13)30(31)32)29-9-7-28(8-10-29)12-18-25-19(23)27-20(26-18)24-15-4-2-14(22)3-5-15/h1-6,11H,7-10,12H2,(H3,23,24,25,26,27). The summed E-state index contributed by atoms with van der Waals surface area (Å²) in [5, 5.41) is 14.7. The number of nitrogen functional groups attached to an aromatic ring is 1. The Kier molecular flexibility index (Phi) is 6.28. The van der Waals surface area contributed by atoms with E-state index in [9.17, 15) is 14.5 Å². The number of nitrogens with one attached hydrogen (secondary N) is 1. The van der Waals surface area contributed by atoms with E-state index in [-0.39, 0.29) is 23.4 Å². The molecule has 4 rings (SSSR count). The minimum Gasteiger partial charge on any atom is -0.368 e. The van der Waals surface area contributed by atoms with E-state index in [1.165, 1.54) is 18.2 Å². The van der Waals surface area contributed by atoms with Crippen LogP contribution in [-0.2, 0) is 6.54 Å². The molecule has 0 unspecified atom stereocenters. The van der Waals surface area contributed by atoms with Gasteiger partial charge in [-0.25, -0.2) is 4.39 Å². The Morgan fingerprint density at radius 2 is 1.81 bits per heavy atom. The number of nitrogens with zero attached hydrogens (tertiary/aromatic N) is 6. The lowest BCUT2D eigenvalue weighted by Gasteiger charge is -2.35. The number of hydrogen-bond donors (Lipinski definition) is 2. The molecule has 166 valence electrons. The molecule has 10 nitrogen and oxygen atoms in total. The van der Waals surface area contributed by atoms with Crippen LogP contribution >= 0.6 is 11.6 Å². The number of nitro groups is 1. The summed E-state index contributed by atoms with van der Waals surface area (Å²) in [6, 6.07) is 10.5. The highest BCUT2D eigenvalue weighted by Gasteiger charge is 2.24. The van der Waals surface area contributed by atoms with E-state index >= 15 is 0 Å². The van der Waals surface area contributed by atoms with Crippen molar-refractivity contribution in [1.29, 1.82) is 0 Å². The molecule has 0 atom stereocenters. The fourth-order valence-corrected chi connectivity index (χ4v) is 3.65. The van der Waals surface area contributed by atoms with Crippen molar-refractivity contribution < 1.29 is 9.31 Å². The van der Waals surface area contributed by atoms with Crippen molar-refractivity contribution in [3.05, 3.63) is 69.2 Å². The normalized spacial score (nSPS) is 14.4. The van der Waals surface area contributed by atoms with E-state index in [1.54, 1.807) is 24.3 Å². The predicted molar refractivity (Wildman–Crippen MR) is 120 cm³/mol. The summed E-state index contributed by atoms with van der Waals surface area (Å²) < 4.78 is 13.1. The van der Waals surface area contributed by atoms with Gasteiger partial charge in [-0.15, -0.1) is 0 Å². The number of hydrogen-bond acceptors (Lipinski definition) is 9. The maximum atomic E-state index is 13.1. The van der Waals surface area contributed by atoms with Crippen molar-refractivity contribution >= 4 is 40.6 Å². The quantitative estimate of drug-likeness (QED) is 0.422. The summed E-state index contributed by atoms with van der Waals surface area (Å²) in [6.07, 6.45) is 0. The second kappa shape index (κ2) is 9.28. The average molecular weight is 459 g/mol. The van der Waals surface area contributed by atoms with Crippen LogP contribution in [0.4, 0.5) is 33.3 Å². The molecule has 2 heterocycles. The van der Waals surface area contributed by atoms with E-state index < -0.39 is 4.92 Å². The third kappa shape index (κ3) is 5.18. The number of anilines is 4. The third-order valence-electron chi connectivity index (χ3n) is 5.01. The molecule has 1 saturated heterocycles. The molecule has 0 amide bonds. The van der Waals surface area contributed by atoms with Crippen LogP contribution in [0.25, 0.3) is 0 Å². The second-order valence-electron chi connectivity index (χ2n) is 7.22. The Hall–Kier alpha value is -3.57. The first-order valence-corrected chi connectivity index (χ1v) is 10.2. The molecule has 3 aromatic rings. The average Bonchev–Trinajstić information content (AvgIpc) is 2.75. The highest BCUT2D eigenvalue weighted by molar-refractivity contribution is 6.30. The van der Waals surface area contributed by atoms with Crippen molar-refractivity contribution in [3.63, 3.8) is 0 Å². The summed E-state index contributed by atoms with van der Waals surface area (Å²) in [7, 11) is 0. The molecule has 1 aliphatic rings. The van der Waals surface area contributed by atoms with Crippen LogP contribution < -0.4 is 16.0 Å². The number of halogens is 2. The maximum absolute atomic E-state index is 13.1. The van der Waals surface area contributed by atoms with Crippen LogP contribution in [0.3, 0.4) is 0 Å². The molecular weight excluding hydrogens is 439 g/mol. The van der Waals surface area contributed by atoms with Gasteiger partial charge in [0, 0.05) is 43.0 Å². The second-order valence-corrected chi connectivity index (χ2v) is 7.66. The lowest BCUT2D eigenvalue weighted by Crippen LogP contribution is -2.46. The van der Waals surface area contributed by atoms with E-state index in [0.29, 0.717) is 54.9 Å². The van der Waals surface area contributed by atoms with Crippen LogP contribution in [0, 0.1) is 15.9 Å². The molecule has 0 bridgehead atoms. The zero-order valence-electron chi connectivity index (χ0n) is 16.9. The molecule has 0 radical (unpaired) electrons. The molecule has 1 fully saturated rings. The Morgan fingerprint density at radius 3 is 2.50 bits per heavy atom. The number of aromatic nitrogens is 3. The van der Waals surface area contributed by atoms with Crippen molar-refractivity contribution in [2.24, 2.45) is 0 Å². The molecule has 2 aromatic carbocycles. The van der Waals surface area contributed by atoms with Gasteiger partial charge in [0.25, 0.3) is 5.69 Å². The molecule has 1 aliphatic heterocycles. The topological polar surface area (TPSA) is 126 Å². The number of nitro benzene ring substituents is 1. The van der Waals surface area contributed by atoms with Crippen LogP contribution in [0.1, 0.15) is 5.82 Å². The van der Waals surface area contributed by atoms with Crippen LogP contribution in [0.2, 0.25) is 5.02 Å². The summed E-state index contributed by atoms with van der Waals surface area (Å²) in [6.45, 7) is 2.97. The van der Waals surface area contributed by atoms with E-state index in [1.807, 2.05) is 4.90 Å². The van der Waals surface area contributed by atoms with Crippen molar-refractivity contribution in [2.45, 2.75) is 6.54 Å². The molecule has 0 saturated carbocycles. The monoisotopic (exact) mass is 458 g/mol. The highest BCUT2D eigenvalue weighted by Crippen LogP contribution is 2.31. The lowest BCUT2D eigenvalue weighted by molar-refractivity contribution is -0.384. The van der Waals surface area contributed by atoms with Gasteiger partial charge in [-0.1, -0.05) is 11.6 Å².